The predicted molar refractivity (Wildman–Crippen MR) is 103 cm³/mol. The molecule has 0 bridgehead atoms. The molecule has 1 atom stereocenters. The minimum absolute atomic E-state index is 0.0311. The maximum Gasteiger partial charge on any atom is 0.249 e. The van der Waals surface area contributed by atoms with Gasteiger partial charge in [-0.2, -0.15) is 0 Å². The summed E-state index contributed by atoms with van der Waals surface area (Å²) >= 11 is 0. The molecule has 0 aromatic heterocycles. The third kappa shape index (κ3) is 4.28. The van der Waals surface area contributed by atoms with Gasteiger partial charge in [0, 0.05) is 18.8 Å². The van der Waals surface area contributed by atoms with Gasteiger partial charge in [0.15, 0.2) is 11.5 Å². The van der Waals surface area contributed by atoms with Crippen molar-refractivity contribution in [3.8, 4) is 11.5 Å². The normalized spacial score (nSPS) is 17.4. The number of fused-ring (bicyclic) bond motifs is 1. The van der Waals surface area contributed by atoms with E-state index in [9.17, 15) is 4.79 Å². The summed E-state index contributed by atoms with van der Waals surface area (Å²) in [6.45, 7) is 6.61. The average molecular weight is 354 g/mol. The number of allylic oxidation sites excluding steroid dienone is 1. The fourth-order valence-electron chi connectivity index (χ4n) is 2.85. The third-order valence-corrected chi connectivity index (χ3v) is 4.43. The summed E-state index contributed by atoms with van der Waals surface area (Å²) in [7, 11) is 1.92. The molecule has 0 spiro atoms. The van der Waals surface area contributed by atoms with Crippen LogP contribution in [0.25, 0.3) is 6.08 Å². The van der Waals surface area contributed by atoms with E-state index in [1.54, 1.807) is 0 Å². The van der Waals surface area contributed by atoms with Crippen LogP contribution >= 0.6 is 0 Å². The van der Waals surface area contributed by atoms with Gasteiger partial charge in [0.25, 0.3) is 0 Å². The lowest BCUT2D eigenvalue weighted by Crippen LogP contribution is -2.43. The molecule has 1 N–H and O–H groups in total. The Hall–Kier alpha value is -2.69. The average Bonchev–Trinajstić information content (AvgIpc) is 3.05. The molecule has 5 nitrogen and oxygen atoms in total. The predicted octanol–water partition coefficient (Wildman–Crippen LogP) is 3.69. The summed E-state index contributed by atoms with van der Waals surface area (Å²) in [6, 6.07) is 5.73. The topological polar surface area (TPSA) is 50.8 Å². The van der Waals surface area contributed by atoms with Crippen molar-refractivity contribution in [3.05, 3.63) is 53.9 Å². The number of amides is 1. The summed E-state index contributed by atoms with van der Waals surface area (Å²) < 4.78 is 10.8. The highest BCUT2D eigenvalue weighted by molar-refractivity contribution is 5.94. The number of hydrogen-bond donors (Lipinski definition) is 1. The van der Waals surface area contributed by atoms with Gasteiger partial charge in [-0.05, 0) is 35.7 Å². The molecule has 0 radical (unpaired) electrons. The van der Waals surface area contributed by atoms with Crippen LogP contribution in [0.5, 0.6) is 11.5 Å². The molecule has 0 saturated heterocycles. The third-order valence-electron chi connectivity index (χ3n) is 4.43. The number of ether oxygens (including phenoxy) is 2. The van der Waals surface area contributed by atoms with E-state index in [0.717, 1.165) is 22.6 Å². The van der Waals surface area contributed by atoms with Gasteiger partial charge in [0.1, 0.15) is 0 Å². The summed E-state index contributed by atoms with van der Waals surface area (Å²) in [5.74, 6) is 1.49. The minimum Gasteiger partial charge on any atom is -0.454 e. The molecule has 0 saturated carbocycles. The highest BCUT2D eigenvalue weighted by Gasteiger charge is 2.25. The molecule has 3 rings (SSSR count). The maximum absolute atomic E-state index is 12.7. The Bertz CT molecular complexity index is 772. The number of carbonyl (C=O) groups excluding carboxylic acids is 1. The molecular weight excluding hydrogens is 328 g/mol. The van der Waals surface area contributed by atoms with Gasteiger partial charge < -0.3 is 19.7 Å². The molecule has 1 aromatic rings. The SMILES string of the molecule is CN1C=CCC(C(=O)NC(/C=C/c2ccc3c(c2)OCO3)C(C)(C)C)=C1. The number of rotatable bonds is 4. The van der Waals surface area contributed by atoms with Gasteiger partial charge in [-0.15, -0.1) is 0 Å². The quantitative estimate of drug-likeness (QED) is 0.896. The van der Waals surface area contributed by atoms with E-state index in [0.29, 0.717) is 6.42 Å². The molecule has 1 aromatic carbocycles. The molecule has 0 fully saturated rings. The maximum atomic E-state index is 12.7. The van der Waals surface area contributed by atoms with Crippen molar-refractivity contribution in [2.75, 3.05) is 13.8 Å². The van der Waals surface area contributed by atoms with E-state index in [1.165, 1.54) is 0 Å². The fourth-order valence-corrected chi connectivity index (χ4v) is 2.85. The van der Waals surface area contributed by atoms with E-state index in [1.807, 2.05) is 60.8 Å². The Morgan fingerprint density at radius 2 is 2.04 bits per heavy atom. The molecule has 0 aliphatic carbocycles. The standard InChI is InChI=1S/C21H26N2O3/c1-21(2,3)19(22-20(24)16-6-5-11-23(4)13-16)10-8-15-7-9-17-18(12-15)26-14-25-17/h5,7-13,19H,6,14H2,1-4H3,(H,22,24)/b10-8+. The molecule has 2 heterocycles. The first-order valence-electron chi connectivity index (χ1n) is 8.81. The Balaban J connectivity index is 1.73. The second-order valence-electron chi connectivity index (χ2n) is 7.70. The number of carbonyl (C=O) groups is 1. The van der Waals surface area contributed by atoms with Crippen molar-refractivity contribution in [2.45, 2.75) is 33.2 Å². The van der Waals surface area contributed by atoms with E-state index >= 15 is 0 Å². The number of benzene rings is 1. The lowest BCUT2D eigenvalue weighted by molar-refractivity contribution is -0.118. The lowest BCUT2D eigenvalue weighted by atomic mass is 9.86. The van der Waals surface area contributed by atoms with Gasteiger partial charge >= 0.3 is 0 Å². The molecule has 2 aliphatic heterocycles. The molecule has 2 aliphatic rings. The molecule has 1 unspecified atom stereocenters. The zero-order chi connectivity index (χ0) is 18.7. The summed E-state index contributed by atoms with van der Waals surface area (Å²) in [4.78, 5) is 14.6. The smallest absolute Gasteiger partial charge is 0.249 e. The minimum atomic E-state index is -0.112. The zero-order valence-electron chi connectivity index (χ0n) is 15.8. The van der Waals surface area contributed by atoms with Crippen LogP contribution in [-0.2, 0) is 4.79 Å². The van der Waals surface area contributed by atoms with Crippen LogP contribution in [-0.4, -0.2) is 30.7 Å². The van der Waals surface area contributed by atoms with Crippen molar-refractivity contribution < 1.29 is 14.3 Å². The highest BCUT2D eigenvalue weighted by Crippen LogP contribution is 2.33. The van der Waals surface area contributed by atoms with E-state index < -0.39 is 0 Å². The number of hydrogen-bond acceptors (Lipinski definition) is 4. The van der Waals surface area contributed by atoms with Gasteiger partial charge in [0.2, 0.25) is 12.7 Å². The van der Waals surface area contributed by atoms with Crippen LogP contribution in [0.4, 0.5) is 0 Å². The monoisotopic (exact) mass is 354 g/mol. The van der Waals surface area contributed by atoms with Crippen molar-refractivity contribution in [1.29, 1.82) is 0 Å². The van der Waals surface area contributed by atoms with Crippen LogP contribution in [0.3, 0.4) is 0 Å². The fraction of sp³-hybridized carbons (Fsp3) is 0.381. The van der Waals surface area contributed by atoms with E-state index in [2.05, 4.69) is 26.1 Å². The van der Waals surface area contributed by atoms with Gasteiger partial charge in [-0.3, -0.25) is 4.79 Å². The van der Waals surface area contributed by atoms with Crippen LogP contribution in [0, 0.1) is 5.41 Å². The molecular formula is C21H26N2O3. The van der Waals surface area contributed by atoms with Crippen molar-refractivity contribution >= 4 is 12.0 Å². The molecule has 5 heteroatoms. The second-order valence-corrected chi connectivity index (χ2v) is 7.70. The molecule has 1 amide bonds. The number of nitrogens with one attached hydrogen (secondary N) is 1. The van der Waals surface area contributed by atoms with E-state index in [4.69, 9.17) is 9.47 Å². The first-order chi connectivity index (χ1) is 12.3. The summed E-state index contributed by atoms with van der Waals surface area (Å²) in [6.07, 6.45) is 10.5. The first kappa shape index (κ1) is 18.1. The molecule has 26 heavy (non-hydrogen) atoms. The van der Waals surface area contributed by atoms with E-state index in [-0.39, 0.29) is 24.2 Å². The van der Waals surface area contributed by atoms with Crippen LogP contribution in [0.2, 0.25) is 0 Å². The first-order valence-corrected chi connectivity index (χ1v) is 8.81. The van der Waals surface area contributed by atoms with Gasteiger partial charge in [-0.1, -0.05) is 45.1 Å². The lowest BCUT2D eigenvalue weighted by Gasteiger charge is -2.30. The van der Waals surface area contributed by atoms with Crippen LogP contribution in [0.15, 0.2) is 48.3 Å². The van der Waals surface area contributed by atoms with Crippen LogP contribution in [0.1, 0.15) is 32.8 Å². The summed E-state index contributed by atoms with van der Waals surface area (Å²) in [5, 5.41) is 3.16. The van der Waals surface area contributed by atoms with Crippen LogP contribution < -0.4 is 14.8 Å². The van der Waals surface area contributed by atoms with Gasteiger partial charge in [0.05, 0.1) is 6.04 Å². The Morgan fingerprint density at radius 3 is 2.77 bits per heavy atom. The second kappa shape index (κ2) is 7.28. The largest absolute Gasteiger partial charge is 0.454 e. The summed E-state index contributed by atoms with van der Waals surface area (Å²) in [5.41, 5.74) is 1.66. The Labute approximate surface area is 155 Å². The Kier molecular flexibility index (Phi) is 5.07. The molecule has 138 valence electrons. The highest BCUT2D eigenvalue weighted by atomic mass is 16.7. The number of nitrogens with zero attached hydrogens (tertiary/aromatic N) is 1. The van der Waals surface area contributed by atoms with Crippen molar-refractivity contribution in [1.82, 2.24) is 10.2 Å². The Morgan fingerprint density at radius 1 is 1.27 bits per heavy atom. The van der Waals surface area contributed by atoms with Gasteiger partial charge in [-0.25, -0.2) is 0 Å². The van der Waals surface area contributed by atoms with Crippen molar-refractivity contribution in [2.24, 2.45) is 5.41 Å². The zero-order valence-corrected chi connectivity index (χ0v) is 15.8. The van der Waals surface area contributed by atoms with Crippen molar-refractivity contribution in [3.63, 3.8) is 0 Å².